The number of oxazole rings is 1. The molecule has 156 valence electrons. The average Bonchev–Trinajstić information content (AvgIpc) is 3.24. The Hall–Kier alpha value is -2.92. The largest absolute Gasteiger partial charge is 0.441 e. The predicted molar refractivity (Wildman–Crippen MR) is 118 cm³/mol. The molecule has 2 aromatic carbocycles. The quantitative estimate of drug-likeness (QED) is 0.587. The normalized spacial score (nSPS) is 17.2. The van der Waals surface area contributed by atoms with Crippen LogP contribution < -0.4 is 0 Å². The molecular formula is C25H29N3O2. The van der Waals surface area contributed by atoms with Crippen molar-refractivity contribution in [2.45, 2.75) is 38.8 Å². The second-order valence-electron chi connectivity index (χ2n) is 7.99. The van der Waals surface area contributed by atoms with Crippen LogP contribution in [0.1, 0.15) is 31.2 Å². The number of carbonyl (C=O) groups excluding carboxylic acids is 1. The summed E-state index contributed by atoms with van der Waals surface area (Å²) in [5.74, 6) is 1.71. The second kappa shape index (κ2) is 9.72. The fourth-order valence-electron chi connectivity index (χ4n) is 4.08. The van der Waals surface area contributed by atoms with E-state index >= 15 is 0 Å². The van der Waals surface area contributed by atoms with E-state index in [0.29, 0.717) is 18.7 Å². The third kappa shape index (κ3) is 5.16. The van der Waals surface area contributed by atoms with Gasteiger partial charge in [0.2, 0.25) is 5.91 Å². The first kappa shape index (κ1) is 20.4. The van der Waals surface area contributed by atoms with Gasteiger partial charge in [-0.2, -0.15) is 0 Å². The van der Waals surface area contributed by atoms with E-state index < -0.39 is 0 Å². The first-order valence-electron chi connectivity index (χ1n) is 10.7. The number of piperazine rings is 1. The van der Waals surface area contributed by atoms with Gasteiger partial charge in [-0.25, -0.2) is 4.98 Å². The van der Waals surface area contributed by atoms with Crippen molar-refractivity contribution >= 4 is 5.91 Å². The fourth-order valence-corrected chi connectivity index (χ4v) is 4.08. The van der Waals surface area contributed by atoms with E-state index in [1.807, 2.05) is 41.3 Å². The van der Waals surface area contributed by atoms with Gasteiger partial charge in [0.15, 0.2) is 11.7 Å². The van der Waals surface area contributed by atoms with E-state index in [4.69, 9.17) is 4.42 Å². The van der Waals surface area contributed by atoms with Crippen molar-refractivity contribution in [3.05, 3.63) is 78.3 Å². The smallest absolute Gasteiger partial charge is 0.222 e. The summed E-state index contributed by atoms with van der Waals surface area (Å²) < 4.78 is 5.85. The number of carbonyl (C=O) groups is 1. The topological polar surface area (TPSA) is 49.6 Å². The summed E-state index contributed by atoms with van der Waals surface area (Å²) in [5, 5.41) is 0. The Bertz CT molecular complexity index is 939. The summed E-state index contributed by atoms with van der Waals surface area (Å²) in [7, 11) is 0. The molecule has 1 atom stereocenters. The molecule has 0 spiro atoms. The van der Waals surface area contributed by atoms with Crippen LogP contribution in [0.2, 0.25) is 0 Å². The molecule has 1 amide bonds. The lowest BCUT2D eigenvalue weighted by Gasteiger charge is -2.40. The van der Waals surface area contributed by atoms with Crippen molar-refractivity contribution in [2.75, 3.05) is 19.6 Å². The number of rotatable bonds is 7. The standard InChI is InChI=1S/C25H29N3O2/c1-20-18-27(19-21-9-4-2-5-10-21)15-16-28(20)25(29)14-8-13-24-26-17-23(30-24)22-11-6-3-7-12-22/h2-7,9-12,17,20H,8,13-16,18-19H2,1H3/t20-/m1/s1. The van der Waals surface area contributed by atoms with Crippen molar-refractivity contribution < 1.29 is 9.21 Å². The monoisotopic (exact) mass is 403 g/mol. The van der Waals surface area contributed by atoms with Crippen LogP contribution in [0.5, 0.6) is 0 Å². The Kier molecular flexibility index (Phi) is 6.60. The minimum atomic E-state index is 0.233. The first-order chi connectivity index (χ1) is 14.7. The van der Waals surface area contributed by atoms with Gasteiger partial charge < -0.3 is 9.32 Å². The lowest BCUT2D eigenvalue weighted by atomic mass is 10.1. The van der Waals surface area contributed by atoms with Crippen LogP contribution in [0.4, 0.5) is 0 Å². The van der Waals surface area contributed by atoms with Gasteiger partial charge in [-0.15, -0.1) is 0 Å². The van der Waals surface area contributed by atoms with Crippen LogP contribution >= 0.6 is 0 Å². The van der Waals surface area contributed by atoms with E-state index in [1.54, 1.807) is 6.20 Å². The highest BCUT2D eigenvalue weighted by Crippen LogP contribution is 2.21. The Morgan fingerprint density at radius 2 is 1.80 bits per heavy atom. The predicted octanol–water partition coefficient (Wildman–Crippen LogP) is 4.40. The number of nitrogens with zero attached hydrogens (tertiary/aromatic N) is 3. The summed E-state index contributed by atoms with van der Waals surface area (Å²) in [6.45, 7) is 5.73. The number of hydrogen-bond donors (Lipinski definition) is 0. The van der Waals surface area contributed by atoms with Gasteiger partial charge in [0.25, 0.3) is 0 Å². The highest BCUT2D eigenvalue weighted by molar-refractivity contribution is 5.76. The molecule has 0 radical (unpaired) electrons. The summed E-state index contributed by atoms with van der Waals surface area (Å²) >= 11 is 0. The van der Waals surface area contributed by atoms with Crippen LogP contribution in [0.25, 0.3) is 11.3 Å². The number of hydrogen-bond acceptors (Lipinski definition) is 4. The molecule has 1 aromatic heterocycles. The molecule has 5 heteroatoms. The van der Waals surface area contributed by atoms with E-state index in [9.17, 15) is 4.79 Å². The van der Waals surface area contributed by atoms with Gasteiger partial charge in [-0.1, -0.05) is 60.7 Å². The van der Waals surface area contributed by atoms with Gasteiger partial charge in [-0.3, -0.25) is 9.69 Å². The van der Waals surface area contributed by atoms with Gasteiger partial charge in [-0.05, 0) is 18.9 Å². The van der Waals surface area contributed by atoms with E-state index in [0.717, 1.165) is 43.9 Å². The molecule has 30 heavy (non-hydrogen) atoms. The van der Waals surface area contributed by atoms with Gasteiger partial charge >= 0.3 is 0 Å². The molecule has 0 N–H and O–H groups in total. The maximum absolute atomic E-state index is 12.7. The molecule has 2 heterocycles. The molecule has 5 nitrogen and oxygen atoms in total. The van der Waals surface area contributed by atoms with Gasteiger partial charge in [0.05, 0.1) is 6.20 Å². The van der Waals surface area contributed by atoms with Crippen LogP contribution in [-0.2, 0) is 17.8 Å². The molecule has 1 aliphatic heterocycles. The minimum absolute atomic E-state index is 0.233. The Labute approximate surface area is 178 Å². The van der Waals surface area contributed by atoms with Gasteiger partial charge in [0, 0.05) is 50.6 Å². The molecule has 0 saturated carbocycles. The van der Waals surface area contributed by atoms with E-state index in [2.05, 4.69) is 41.1 Å². The SMILES string of the molecule is C[C@@H]1CN(Cc2ccccc2)CCN1C(=O)CCCc1ncc(-c2ccccc2)o1. The summed E-state index contributed by atoms with van der Waals surface area (Å²) in [6.07, 6.45) is 3.73. The Balaban J connectivity index is 1.22. The molecule has 1 aliphatic rings. The van der Waals surface area contributed by atoms with Crippen molar-refractivity contribution in [3.8, 4) is 11.3 Å². The molecule has 0 unspecified atom stereocenters. The molecule has 1 fully saturated rings. The van der Waals surface area contributed by atoms with Crippen LogP contribution in [0.3, 0.4) is 0 Å². The Morgan fingerprint density at radius 1 is 1.07 bits per heavy atom. The second-order valence-corrected chi connectivity index (χ2v) is 7.99. The number of amides is 1. The summed E-state index contributed by atoms with van der Waals surface area (Å²) in [6, 6.07) is 20.7. The first-order valence-corrected chi connectivity index (χ1v) is 10.7. The van der Waals surface area contributed by atoms with Crippen LogP contribution in [0, 0.1) is 0 Å². The molecule has 4 rings (SSSR count). The van der Waals surface area contributed by atoms with Crippen LogP contribution in [-0.4, -0.2) is 46.4 Å². The molecule has 0 aliphatic carbocycles. The lowest BCUT2D eigenvalue weighted by Crippen LogP contribution is -2.53. The molecule has 3 aromatic rings. The maximum atomic E-state index is 12.7. The maximum Gasteiger partial charge on any atom is 0.222 e. The molecular weight excluding hydrogens is 374 g/mol. The van der Waals surface area contributed by atoms with E-state index in [1.165, 1.54) is 5.56 Å². The van der Waals surface area contributed by atoms with Crippen molar-refractivity contribution in [1.82, 2.24) is 14.8 Å². The van der Waals surface area contributed by atoms with E-state index in [-0.39, 0.29) is 11.9 Å². The zero-order valence-electron chi connectivity index (χ0n) is 17.5. The Morgan fingerprint density at radius 3 is 2.53 bits per heavy atom. The summed E-state index contributed by atoms with van der Waals surface area (Å²) in [4.78, 5) is 21.6. The van der Waals surface area contributed by atoms with Crippen molar-refractivity contribution in [1.29, 1.82) is 0 Å². The zero-order valence-corrected chi connectivity index (χ0v) is 17.5. The fraction of sp³-hybridized carbons (Fsp3) is 0.360. The summed E-state index contributed by atoms with van der Waals surface area (Å²) in [5.41, 5.74) is 2.35. The molecule has 0 bridgehead atoms. The third-order valence-electron chi connectivity index (χ3n) is 5.67. The third-order valence-corrected chi connectivity index (χ3v) is 5.67. The van der Waals surface area contributed by atoms with Crippen LogP contribution in [0.15, 0.2) is 71.3 Å². The van der Waals surface area contributed by atoms with Crippen molar-refractivity contribution in [2.24, 2.45) is 0 Å². The minimum Gasteiger partial charge on any atom is -0.441 e. The molecule has 1 saturated heterocycles. The number of aromatic nitrogens is 1. The van der Waals surface area contributed by atoms with Crippen molar-refractivity contribution in [3.63, 3.8) is 0 Å². The lowest BCUT2D eigenvalue weighted by molar-refractivity contribution is -0.135. The van der Waals surface area contributed by atoms with Gasteiger partial charge in [0.1, 0.15) is 0 Å². The highest BCUT2D eigenvalue weighted by atomic mass is 16.4. The zero-order chi connectivity index (χ0) is 20.8. The average molecular weight is 404 g/mol. The number of aryl methyl sites for hydroxylation is 1. The number of benzene rings is 2. The highest BCUT2D eigenvalue weighted by Gasteiger charge is 2.27.